The molecular formula is C11H19N3O3S. The second kappa shape index (κ2) is 7.08. The Morgan fingerprint density at radius 3 is 3.06 bits per heavy atom. The molecule has 102 valence electrons. The highest BCUT2D eigenvalue weighted by molar-refractivity contribution is 7.97. The van der Waals surface area contributed by atoms with E-state index in [2.05, 4.69) is 15.0 Å². The molecule has 1 saturated heterocycles. The van der Waals surface area contributed by atoms with E-state index in [1.807, 2.05) is 13.3 Å². The first-order valence-corrected chi connectivity index (χ1v) is 7.35. The van der Waals surface area contributed by atoms with E-state index >= 15 is 0 Å². The minimum absolute atomic E-state index is 0.136. The molecule has 7 heteroatoms. The van der Waals surface area contributed by atoms with Crippen LogP contribution in [0, 0.1) is 0 Å². The average Bonchev–Trinajstić information content (AvgIpc) is 2.78. The van der Waals surface area contributed by atoms with E-state index in [9.17, 15) is 0 Å². The van der Waals surface area contributed by atoms with Crippen LogP contribution in [0.15, 0.2) is 4.52 Å². The predicted octanol–water partition coefficient (Wildman–Crippen LogP) is 0.780. The van der Waals surface area contributed by atoms with E-state index < -0.39 is 0 Å². The van der Waals surface area contributed by atoms with Gasteiger partial charge in [-0.05, 0) is 13.3 Å². The second-order valence-electron chi connectivity index (χ2n) is 4.30. The molecule has 2 rings (SSSR count). The van der Waals surface area contributed by atoms with Crippen molar-refractivity contribution in [2.75, 3.05) is 39.7 Å². The average molecular weight is 273 g/mol. The molecule has 1 aromatic heterocycles. The van der Waals surface area contributed by atoms with Crippen molar-refractivity contribution in [3.8, 4) is 0 Å². The molecule has 0 aromatic carbocycles. The van der Waals surface area contributed by atoms with E-state index in [1.165, 1.54) is 0 Å². The van der Waals surface area contributed by atoms with Crippen molar-refractivity contribution in [3.05, 3.63) is 11.7 Å². The number of ether oxygens (including phenoxy) is 2. The lowest BCUT2D eigenvalue weighted by Crippen LogP contribution is -2.38. The minimum atomic E-state index is 0.136. The summed E-state index contributed by atoms with van der Waals surface area (Å²) in [7, 11) is 2.01. The molecule has 1 unspecified atom stereocenters. The number of hydrogen-bond acceptors (Lipinski definition) is 7. The maximum absolute atomic E-state index is 5.59. The van der Waals surface area contributed by atoms with E-state index in [4.69, 9.17) is 14.0 Å². The molecule has 0 saturated carbocycles. The highest BCUT2D eigenvalue weighted by Gasteiger charge is 2.17. The van der Waals surface area contributed by atoms with Gasteiger partial charge in [-0.25, -0.2) is 0 Å². The normalized spacial score (nSPS) is 20.5. The SMILES string of the molecule is CSCc1noc(CN(C)CC2COCCO2)n1. The monoisotopic (exact) mass is 273 g/mol. The molecule has 1 aromatic rings. The fraction of sp³-hybridized carbons (Fsp3) is 0.818. The zero-order valence-corrected chi connectivity index (χ0v) is 11.6. The molecular weight excluding hydrogens is 254 g/mol. The van der Waals surface area contributed by atoms with E-state index in [0.717, 1.165) is 18.1 Å². The summed E-state index contributed by atoms with van der Waals surface area (Å²) in [6, 6.07) is 0. The fourth-order valence-electron chi connectivity index (χ4n) is 1.83. The highest BCUT2D eigenvalue weighted by Crippen LogP contribution is 2.08. The molecule has 1 atom stereocenters. The molecule has 0 spiro atoms. The Balaban J connectivity index is 1.76. The Labute approximate surface area is 111 Å². The van der Waals surface area contributed by atoms with E-state index in [1.54, 1.807) is 11.8 Å². The van der Waals surface area contributed by atoms with Crippen molar-refractivity contribution in [2.45, 2.75) is 18.4 Å². The van der Waals surface area contributed by atoms with Crippen LogP contribution in [0.5, 0.6) is 0 Å². The Kier molecular flexibility index (Phi) is 5.43. The van der Waals surface area contributed by atoms with Crippen LogP contribution in [0.1, 0.15) is 11.7 Å². The molecule has 0 radical (unpaired) electrons. The van der Waals surface area contributed by atoms with Gasteiger partial charge in [0, 0.05) is 6.54 Å². The first-order chi connectivity index (χ1) is 8.78. The summed E-state index contributed by atoms with van der Waals surface area (Å²) >= 11 is 1.68. The van der Waals surface area contributed by atoms with Crippen molar-refractivity contribution < 1.29 is 14.0 Å². The number of hydrogen-bond donors (Lipinski definition) is 0. The summed E-state index contributed by atoms with van der Waals surface area (Å²) in [6.07, 6.45) is 2.15. The molecule has 1 fully saturated rings. The number of likely N-dealkylation sites (N-methyl/N-ethyl adjacent to an activating group) is 1. The van der Waals surface area contributed by atoms with Crippen LogP contribution in [-0.2, 0) is 21.8 Å². The van der Waals surface area contributed by atoms with Gasteiger partial charge in [-0.1, -0.05) is 5.16 Å². The number of thioether (sulfide) groups is 1. The Morgan fingerprint density at radius 2 is 2.33 bits per heavy atom. The molecule has 1 aliphatic rings. The fourth-order valence-corrected chi connectivity index (χ4v) is 2.20. The van der Waals surface area contributed by atoms with Gasteiger partial charge < -0.3 is 14.0 Å². The predicted molar refractivity (Wildman–Crippen MR) is 68.4 cm³/mol. The van der Waals surface area contributed by atoms with Gasteiger partial charge in [-0.2, -0.15) is 16.7 Å². The van der Waals surface area contributed by atoms with Crippen LogP contribution in [-0.4, -0.2) is 60.8 Å². The van der Waals surface area contributed by atoms with Crippen LogP contribution in [0.3, 0.4) is 0 Å². The lowest BCUT2D eigenvalue weighted by atomic mass is 10.3. The molecule has 2 heterocycles. The number of rotatable bonds is 6. The second-order valence-corrected chi connectivity index (χ2v) is 5.17. The van der Waals surface area contributed by atoms with Crippen molar-refractivity contribution in [1.29, 1.82) is 0 Å². The molecule has 0 amide bonds. The van der Waals surface area contributed by atoms with Crippen LogP contribution in [0.25, 0.3) is 0 Å². The van der Waals surface area contributed by atoms with Gasteiger partial charge >= 0.3 is 0 Å². The van der Waals surface area contributed by atoms with Crippen LogP contribution in [0.4, 0.5) is 0 Å². The van der Waals surface area contributed by atoms with Crippen molar-refractivity contribution in [3.63, 3.8) is 0 Å². The first-order valence-electron chi connectivity index (χ1n) is 5.96. The Hall–Kier alpha value is -0.630. The Morgan fingerprint density at radius 1 is 1.44 bits per heavy atom. The summed E-state index contributed by atoms with van der Waals surface area (Å²) in [5, 5.41) is 3.92. The highest BCUT2D eigenvalue weighted by atomic mass is 32.2. The minimum Gasteiger partial charge on any atom is -0.376 e. The largest absolute Gasteiger partial charge is 0.376 e. The molecule has 0 N–H and O–H groups in total. The van der Waals surface area contributed by atoms with Crippen LogP contribution in [0.2, 0.25) is 0 Å². The molecule has 0 bridgehead atoms. The molecule has 0 aliphatic carbocycles. The maximum atomic E-state index is 5.59. The van der Waals surface area contributed by atoms with Gasteiger partial charge in [0.05, 0.1) is 38.2 Å². The summed E-state index contributed by atoms with van der Waals surface area (Å²) in [6.45, 7) is 3.48. The van der Waals surface area contributed by atoms with Crippen molar-refractivity contribution in [2.24, 2.45) is 0 Å². The lowest BCUT2D eigenvalue weighted by molar-refractivity contribution is -0.0967. The zero-order chi connectivity index (χ0) is 12.8. The topological polar surface area (TPSA) is 60.6 Å². The number of nitrogens with zero attached hydrogens (tertiary/aromatic N) is 3. The Bertz CT molecular complexity index is 355. The first kappa shape index (κ1) is 13.8. The summed E-state index contributed by atoms with van der Waals surface area (Å²) < 4.78 is 16.1. The standard InChI is InChI=1S/C11H19N3O3S/c1-14(5-9-7-15-3-4-16-9)6-11-12-10(8-18-2)13-17-11/h9H,3-8H2,1-2H3. The molecule has 6 nitrogen and oxygen atoms in total. The summed E-state index contributed by atoms with van der Waals surface area (Å²) in [5.41, 5.74) is 0. The maximum Gasteiger partial charge on any atom is 0.240 e. The van der Waals surface area contributed by atoms with Gasteiger partial charge in [0.2, 0.25) is 5.89 Å². The van der Waals surface area contributed by atoms with E-state index in [0.29, 0.717) is 32.3 Å². The number of aromatic nitrogens is 2. The zero-order valence-electron chi connectivity index (χ0n) is 10.8. The third kappa shape index (κ3) is 4.24. The van der Waals surface area contributed by atoms with Gasteiger partial charge in [-0.15, -0.1) is 0 Å². The van der Waals surface area contributed by atoms with Crippen molar-refractivity contribution >= 4 is 11.8 Å². The van der Waals surface area contributed by atoms with Crippen LogP contribution >= 0.6 is 11.8 Å². The van der Waals surface area contributed by atoms with Crippen molar-refractivity contribution in [1.82, 2.24) is 15.0 Å². The molecule has 1 aliphatic heterocycles. The summed E-state index contributed by atoms with van der Waals surface area (Å²) in [4.78, 5) is 6.43. The third-order valence-electron chi connectivity index (χ3n) is 2.59. The van der Waals surface area contributed by atoms with E-state index in [-0.39, 0.29) is 6.10 Å². The molecule has 18 heavy (non-hydrogen) atoms. The van der Waals surface area contributed by atoms with Gasteiger partial charge in [0.15, 0.2) is 5.82 Å². The quantitative estimate of drug-likeness (QED) is 0.759. The third-order valence-corrected chi connectivity index (χ3v) is 3.14. The van der Waals surface area contributed by atoms with Gasteiger partial charge in [0.1, 0.15) is 0 Å². The van der Waals surface area contributed by atoms with Crippen LogP contribution < -0.4 is 0 Å². The summed E-state index contributed by atoms with van der Waals surface area (Å²) in [5.74, 6) is 2.19. The lowest BCUT2D eigenvalue weighted by Gasteiger charge is -2.26. The van der Waals surface area contributed by atoms with Gasteiger partial charge in [0.25, 0.3) is 0 Å². The van der Waals surface area contributed by atoms with Gasteiger partial charge in [-0.3, -0.25) is 4.90 Å². The smallest absolute Gasteiger partial charge is 0.240 e.